The first-order valence-corrected chi connectivity index (χ1v) is 11.7. The molecule has 1 unspecified atom stereocenters. The summed E-state index contributed by atoms with van der Waals surface area (Å²) in [5.41, 5.74) is 5.11. The number of likely N-dealkylation sites (N-methyl/N-ethyl adjacent to an activating group) is 1. The number of ether oxygens (including phenoxy) is 2. The number of nitrogens with two attached hydrogens (primary N) is 1. The van der Waals surface area contributed by atoms with E-state index in [1.807, 2.05) is 0 Å². The van der Waals surface area contributed by atoms with Crippen molar-refractivity contribution in [2.75, 3.05) is 24.7 Å². The third-order valence-corrected chi connectivity index (χ3v) is 5.57. The predicted molar refractivity (Wildman–Crippen MR) is 142 cm³/mol. The Morgan fingerprint density at radius 1 is 0.925 bits per heavy atom. The maximum absolute atomic E-state index is 14.6. The molecule has 1 aliphatic heterocycles. The van der Waals surface area contributed by atoms with Crippen LogP contribution in [0.4, 0.5) is 25.0 Å². The largest absolute Gasteiger partial charge is 0.457 e. The monoisotopic (exact) mass is 550 g/mol. The van der Waals surface area contributed by atoms with Gasteiger partial charge < -0.3 is 36.1 Å². The molecule has 5 N–H and O–H groups in total. The fourth-order valence-corrected chi connectivity index (χ4v) is 3.56. The molecule has 1 aromatic heterocycles. The van der Waals surface area contributed by atoms with Crippen molar-refractivity contribution in [1.82, 2.24) is 15.2 Å². The molecule has 2 aromatic carbocycles. The van der Waals surface area contributed by atoms with Gasteiger partial charge in [0, 0.05) is 44.7 Å². The van der Waals surface area contributed by atoms with Crippen LogP contribution in [0, 0.1) is 11.6 Å². The summed E-state index contributed by atoms with van der Waals surface area (Å²) in [6, 6.07) is 8.70. The van der Waals surface area contributed by atoms with Crippen molar-refractivity contribution in [3.8, 4) is 17.2 Å². The van der Waals surface area contributed by atoms with Crippen molar-refractivity contribution in [2.45, 2.75) is 6.04 Å². The molecule has 4 amide bonds. The molecular weight excluding hydrogens is 526 g/mol. The minimum absolute atomic E-state index is 0.107. The number of halogens is 2. The highest BCUT2D eigenvalue weighted by Gasteiger charge is 2.21. The Morgan fingerprint density at radius 3 is 2.10 bits per heavy atom. The highest BCUT2D eigenvalue weighted by atomic mass is 19.1. The standard InChI is InChI=1S/C27H24F2N6O5/c1-31-26(37)23-13-17(7-9-32-23)39-15-3-5-21(19(28)11-15)33-27(38)34-22-6-4-16(12-20(22)29)40-18-8-10-35(2)24(14-18)25(30)36/h3-14,24H,1-2H3,(H2,30,36)(H,31,37)(H2,33,34,38). The maximum atomic E-state index is 14.6. The number of nitrogens with zero attached hydrogens (tertiary/aromatic N) is 2. The number of hydrogen-bond donors (Lipinski definition) is 4. The third kappa shape index (κ3) is 6.69. The van der Waals surface area contributed by atoms with Crippen LogP contribution in [0.1, 0.15) is 10.5 Å². The second kappa shape index (κ2) is 11.9. The van der Waals surface area contributed by atoms with E-state index >= 15 is 0 Å². The fourth-order valence-electron chi connectivity index (χ4n) is 3.56. The lowest BCUT2D eigenvalue weighted by molar-refractivity contribution is -0.120. The predicted octanol–water partition coefficient (Wildman–Crippen LogP) is 3.73. The summed E-state index contributed by atoms with van der Waals surface area (Å²) in [4.78, 5) is 41.2. The van der Waals surface area contributed by atoms with Crippen LogP contribution in [-0.2, 0) is 4.79 Å². The number of hydrogen-bond acceptors (Lipinski definition) is 7. The summed E-state index contributed by atoms with van der Waals surface area (Å²) in [7, 11) is 3.13. The average Bonchev–Trinajstić information content (AvgIpc) is 2.92. The van der Waals surface area contributed by atoms with E-state index in [2.05, 4.69) is 20.9 Å². The number of amides is 4. The lowest BCUT2D eigenvalue weighted by Crippen LogP contribution is -2.40. The van der Waals surface area contributed by atoms with Crippen LogP contribution in [-0.4, -0.2) is 47.9 Å². The van der Waals surface area contributed by atoms with Crippen molar-refractivity contribution < 1.29 is 32.6 Å². The van der Waals surface area contributed by atoms with E-state index in [0.717, 1.165) is 12.1 Å². The van der Waals surface area contributed by atoms with Gasteiger partial charge >= 0.3 is 6.03 Å². The van der Waals surface area contributed by atoms with Crippen LogP contribution >= 0.6 is 0 Å². The summed E-state index contributed by atoms with van der Waals surface area (Å²) >= 11 is 0. The number of primary amides is 1. The average molecular weight is 551 g/mol. The van der Waals surface area contributed by atoms with E-state index in [9.17, 15) is 23.2 Å². The van der Waals surface area contributed by atoms with Crippen LogP contribution in [0.2, 0.25) is 0 Å². The van der Waals surface area contributed by atoms with E-state index in [-0.39, 0.29) is 34.3 Å². The van der Waals surface area contributed by atoms with Gasteiger partial charge in [-0.1, -0.05) is 0 Å². The first kappa shape index (κ1) is 27.6. The topological polar surface area (TPSA) is 148 Å². The molecule has 1 atom stereocenters. The first-order chi connectivity index (χ1) is 19.1. The smallest absolute Gasteiger partial charge is 0.323 e. The van der Waals surface area contributed by atoms with Gasteiger partial charge in [0.2, 0.25) is 5.91 Å². The number of carbonyl (C=O) groups excluding carboxylic acids is 3. The second-order valence-electron chi connectivity index (χ2n) is 8.42. The lowest BCUT2D eigenvalue weighted by atomic mass is 10.1. The molecule has 0 fully saturated rings. The second-order valence-corrected chi connectivity index (χ2v) is 8.42. The number of pyridine rings is 1. The number of nitrogens with one attached hydrogen (secondary N) is 3. The molecule has 2 heterocycles. The third-order valence-electron chi connectivity index (χ3n) is 5.57. The summed E-state index contributed by atoms with van der Waals surface area (Å²) in [5.74, 6) is -1.84. The summed E-state index contributed by atoms with van der Waals surface area (Å²) in [6.45, 7) is 0. The zero-order valence-corrected chi connectivity index (χ0v) is 21.3. The molecule has 206 valence electrons. The molecule has 11 nitrogen and oxygen atoms in total. The molecule has 1 aliphatic rings. The molecule has 0 bridgehead atoms. The van der Waals surface area contributed by atoms with E-state index < -0.39 is 35.5 Å². The molecule has 0 saturated carbocycles. The lowest BCUT2D eigenvalue weighted by Gasteiger charge is -2.25. The Morgan fingerprint density at radius 2 is 1.52 bits per heavy atom. The number of aromatic nitrogens is 1. The van der Waals surface area contributed by atoms with Gasteiger partial charge in [-0.3, -0.25) is 14.6 Å². The summed E-state index contributed by atoms with van der Waals surface area (Å²) < 4.78 is 40.5. The highest BCUT2D eigenvalue weighted by molar-refractivity contribution is 6.00. The number of allylic oxidation sites excluding steroid dienone is 1. The van der Waals surface area contributed by atoms with Crippen molar-refractivity contribution in [3.05, 3.63) is 96.2 Å². The Bertz CT molecular complexity index is 1530. The van der Waals surface area contributed by atoms with Crippen LogP contribution in [0.3, 0.4) is 0 Å². The Labute approximate surface area is 227 Å². The number of carbonyl (C=O) groups is 3. The van der Waals surface area contributed by atoms with E-state index in [1.165, 1.54) is 55.7 Å². The molecule has 40 heavy (non-hydrogen) atoms. The van der Waals surface area contributed by atoms with Gasteiger partial charge in [-0.15, -0.1) is 0 Å². The fraction of sp³-hybridized carbons (Fsp3) is 0.111. The normalized spacial score (nSPS) is 14.2. The van der Waals surface area contributed by atoms with Crippen molar-refractivity contribution >= 4 is 29.2 Å². The Kier molecular flexibility index (Phi) is 8.23. The van der Waals surface area contributed by atoms with Gasteiger partial charge in [-0.05, 0) is 42.5 Å². The molecular formula is C27H24F2N6O5. The van der Waals surface area contributed by atoms with Crippen molar-refractivity contribution in [1.29, 1.82) is 0 Å². The van der Waals surface area contributed by atoms with Gasteiger partial charge in [0.15, 0.2) is 0 Å². The maximum Gasteiger partial charge on any atom is 0.323 e. The SMILES string of the molecule is CNC(=O)c1cc(Oc2ccc(NC(=O)Nc3ccc(OC4=CC(C(N)=O)N(C)C=C4)cc3F)c(F)c2)ccn1. The van der Waals surface area contributed by atoms with Gasteiger partial charge in [0.25, 0.3) is 5.91 Å². The van der Waals surface area contributed by atoms with Gasteiger partial charge in [-0.2, -0.15) is 0 Å². The van der Waals surface area contributed by atoms with Crippen LogP contribution in [0.15, 0.2) is 78.8 Å². The number of rotatable bonds is 8. The summed E-state index contributed by atoms with van der Waals surface area (Å²) in [5, 5.41) is 7.04. The van der Waals surface area contributed by atoms with Gasteiger partial charge in [-0.25, -0.2) is 13.6 Å². The zero-order valence-electron chi connectivity index (χ0n) is 21.3. The van der Waals surface area contributed by atoms with E-state index in [0.29, 0.717) is 5.76 Å². The first-order valence-electron chi connectivity index (χ1n) is 11.7. The quantitative estimate of drug-likeness (QED) is 0.334. The molecule has 4 rings (SSSR count). The van der Waals surface area contributed by atoms with E-state index in [4.69, 9.17) is 15.2 Å². The highest BCUT2D eigenvalue weighted by Crippen LogP contribution is 2.27. The van der Waals surface area contributed by atoms with Gasteiger partial charge in [0.1, 0.15) is 46.4 Å². The molecule has 0 radical (unpaired) electrons. The summed E-state index contributed by atoms with van der Waals surface area (Å²) in [6.07, 6.45) is 6.04. The Balaban J connectivity index is 1.37. The number of urea groups is 1. The minimum atomic E-state index is -0.894. The Hall–Kier alpha value is -5.46. The number of benzene rings is 2. The molecule has 0 saturated heterocycles. The zero-order chi connectivity index (χ0) is 28.8. The van der Waals surface area contributed by atoms with Crippen LogP contribution in [0.25, 0.3) is 0 Å². The van der Waals surface area contributed by atoms with Crippen LogP contribution < -0.4 is 31.2 Å². The minimum Gasteiger partial charge on any atom is -0.457 e. The molecule has 3 aromatic rings. The van der Waals surface area contributed by atoms with E-state index in [1.54, 1.807) is 24.2 Å². The molecule has 0 spiro atoms. The van der Waals surface area contributed by atoms with Crippen molar-refractivity contribution in [2.24, 2.45) is 5.73 Å². The van der Waals surface area contributed by atoms with Gasteiger partial charge in [0.05, 0.1) is 11.4 Å². The molecule has 13 heteroatoms. The molecule has 0 aliphatic carbocycles. The number of anilines is 2. The van der Waals surface area contributed by atoms with Crippen molar-refractivity contribution in [3.63, 3.8) is 0 Å². The van der Waals surface area contributed by atoms with Crippen LogP contribution in [0.5, 0.6) is 17.2 Å².